The molecular weight excluding hydrogens is 236 g/mol. The molecule has 0 spiro atoms. The third-order valence-corrected chi connectivity index (χ3v) is 4.76. The van der Waals surface area contributed by atoms with Crippen molar-refractivity contribution < 1.29 is 8.42 Å². The van der Waals surface area contributed by atoms with E-state index in [1.54, 1.807) is 6.92 Å². The van der Waals surface area contributed by atoms with E-state index < -0.39 is 10.0 Å². The minimum atomic E-state index is -3.07. The number of likely N-dealkylation sites (tertiary alicyclic amines) is 1. The van der Waals surface area contributed by atoms with Crippen LogP contribution in [0.2, 0.25) is 0 Å². The Kier molecular flexibility index (Phi) is 5.41. The molecule has 0 aliphatic carbocycles. The van der Waals surface area contributed by atoms with E-state index in [1.807, 2.05) is 6.92 Å². The zero-order valence-electron chi connectivity index (χ0n) is 11.4. The lowest BCUT2D eigenvalue weighted by Crippen LogP contribution is -2.47. The molecule has 0 bridgehead atoms. The number of hydrogen-bond acceptors (Lipinski definition) is 3. The lowest BCUT2D eigenvalue weighted by Gasteiger charge is -2.36. The maximum absolute atomic E-state index is 11.5. The van der Waals surface area contributed by atoms with Crippen molar-refractivity contribution in [3.63, 3.8) is 0 Å². The first-order valence-corrected chi connectivity index (χ1v) is 8.20. The second kappa shape index (κ2) is 6.16. The van der Waals surface area contributed by atoms with Crippen LogP contribution in [0, 0.1) is 11.8 Å². The van der Waals surface area contributed by atoms with Gasteiger partial charge in [-0.2, -0.15) is 0 Å². The maximum Gasteiger partial charge on any atom is 0.211 e. The van der Waals surface area contributed by atoms with E-state index in [0.29, 0.717) is 11.8 Å². The predicted octanol–water partition coefficient (Wildman–Crippen LogP) is 1.29. The quantitative estimate of drug-likeness (QED) is 0.812. The summed E-state index contributed by atoms with van der Waals surface area (Å²) in [6.45, 7) is 11.1. The van der Waals surface area contributed by atoms with Gasteiger partial charge in [-0.1, -0.05) is 13.8 Å². The van der Waals surface area contributed by atoms with Crippen LogP contribution >= 0.6 is 0 Å². The van der Waals surface area contributed by atoms with E-state index in [-0.39, 0.29) is 11.8 Å². The average molecular weight is 262 g/mol. The zero-order chi connectivity index (χ0) is 13.1. The average Bonchev–Trinajstić information content (AvgIpc) is 2.14. The van der Waals surface area contributed by atoms with Crippen molar-refractivity contribution in [2.45, 2.75) is 40.2 Å². The fourth-order valence-electron chi connectivity index (χ4n) is 2.76. The van der Waals surface area contributed by atoms with Gasteiger partial charge in [0.1, 0.15) is 0 Å². The van der Waals surface area contributed by atoms with Crippen LogP contribution in [-0.2, 0) is 10.0 Å². The molecular formula is C12H26N2O2S. The number of nitrogens with zero attached hydrogens (tertiary/aromatic N) is 1. The van der Waals surface area contributed by atoms with E-state index >= 15 is 0 Å². The minimum Gasteiger partial charge on any atom is -0.301 e. The van der Waals surface area contributed by atoms with Crippen LogP contribution in [0.25, 0.3) is 0 Å². The first-order valence-electron chi connectivity index (χ1n) is 6.54. The van der Waals surface area contributed by atoms with Gasteiger partial charge in [-0.05, 0) is 32.1 Å². The Labute approximate surface area is 106 Å². The van der Waals surface area contributed by atoms with E-state index in [0.717, 1.165) is 19.6 Å². The first-order chi connectivity index (χ1) is 7.82. The molecule has 0 aromatic rings. The molecule has 1 N–H and O–H groups in total. The summed E-state index contributed by atoms with van der Waals surface area (Å²) in [5.41, 5.74) is 0. The van der Waals surface area contributed by atoms with Crippen LogP contribution in [0.5, 0.6) is 0 Å². The number of rotatable bonds is 5. The van der Waals surface area contributed by atoms with Crippen molar-refractivity contribution >= 4 is 10.0 Å². The second-order valence-corrected chi connectivity index (χ2v) is 7.63. The molecule has 102 valence electrons. The van der Waals surface area contributed by atoms with Crippen molar-refractivity contribution in [2.24, 2.45) is 11.8 Å². The SMILES string of the molecule is CCS(=O)(=O)N[C@H](C)CN1C[C@H](C)C[C@H](C)C1. The van der Waals surface area contributed by atoms with Gasteiger partial charge in [0, 0.05) is 25.7 Å². The lowest BCUT2D eigenvalue weighted by atomic mass is 9.92. The van der Waals surface area contributed by atoms with Gasteiger partial charge in [-0.15, -0.1) is 0 Å². The monoisotopic (exact) mass is 262 g/mol. The van der Waals surface area contributed by atoms with Gasteiger partial charge in [0.05, 0.1) is 5.75 Å². The predicted molar refractivity (Wildman–Crippen MR) is 71.4 cm³/mol. The van der Waals surface area contributed by atoms with Gasteiger partial charge < -0.3 is 4.90 Å². The summed E-state index contributed by atoms with van der Waals surface area (Å²) in [6.07, 6.45) is 1.28. The number of sulfonamides is 1. The van der Waals surface area contributed by atoms with Crippen molar-refractivity contribution in [3.8, 4) is 0 Å². The van der Waals surface area contributed by atoms with Gasteiger partial charge in [-0.3, -0.25) is 0 Å². The number of piperidine rings is 1. The van der Waals surface area contributed by atoms with E-state index in [4.69, 9.17) is 0 Å². The largest absolute Gasteiger partial charge is 0.301 e. The highest BCUT2D eigenvalue weighted by Gasteiger charge is 2.23. The highest BCUT2D eigenvalue weighted by molar-refractivity contribution is 7.89. The Morgan fingerprint density at radius 2 is 1.82 bits per heavy atom. The molecule has 1 aliphatic rings. The molecule has 1 saturated heterocycles. The molecule has 0 aromatic heterocycles. The fourth-order valence-corrected chi connectivity index (χ4v) is 3.61. The number of hydrogen-bond donors (Lipinski definition) is 1. The van der Waals surface area contributed by atoms with Crippen LogP contribution in [0.1, 0.15) is 34.1 Å². The Hall–Kier alpha value is -0.130. The molecule has 0 radical (unpaired) electrons. The highest BCUT2D eigenvalue weighted by atomic mass is 32.2. The topological polar surface area (TPSA) is 49.4 Å². The summed E-state index contributed by atoms with van der Waals surface area (Å²) in [5, 5.41) is 0. The Bertz CT molecular complexity index is 319. The van der Waals surface area contributed by atoms with Crippen LogP contribution in [0.3, 0.4) is 0 Å². The van der Waals surface area contributed by atoms with Crippen LogP contribution in [-0.4, -0.2) is 44.7 Å². The van der Waals surface area contributed by atoms with Crippen molar-refractivity contribution in [1.82, 2.24) is 9.62 Å². The van der Waals surface area contributed by atoms with Crippen LogP contribution in [0.4, 0.5) is 0 Å². The maximum atomic E-state index is 11.5. The molecule has 0 saturated carbocycles. The molecule has 3 atom stereocenters. The van der Waals surface area contributed by atoms with Gasteiger partial charge in [-0.25, -0.2) is 13.1 Å². The van der Waals surface area contributed by atoms with E-state index in [9.17, 15) is 8.42 Å². The molecule has 5 heteroatoms. The minimum absolute atomic E-state index is 0.00236. The normalized spacial score (nSPS) is 29.2. The van der Waals surface area contributed by atoms with Crippen molar-refractivity contribution in [3.05, 3.63) is 0 Å². The molecule has 1 aliphatic heterocycles. The molecule has 1 heterocycles. The zero-order valence-corrected chi connectivity index (χ0v) is 12.3. The van der Waals surface area contributed by atoms with Gasteiger partial charge in [0.25, 0.3) is 0 Å². The summed E-state index contributed by atoms with van der Waals surface area (Å²) >= 11 is 0. The first kappa shape index (κ1) is 14.9. The lowest BCUT2D eigenvalue weighted by molar-refractivity contribution is 0.134. The van der Waals surface area contributed by atoms with Crippen LogP contribution < -0.4 is 4.72 Å². The third kappa shape index (κ3) is 5.36. The summed E-state index contributed by atoms with van der Waals surface area (Å²) in [5.74, 6) is 1.59. The summed E-state index contributed by atoms with van der Waals surface area (Å²) in [4.78, 5) is 2.38. The van der Waals surface area contributed by atoms with E-state index in [2.05, 4.69) is 23.5 Å². The third-order valence-electron chi connectivity index (χ3n) is 3.24. The Morgan fingerprint density at radius 1 is 1.29 bits per heavy atom. The van der Waals surface area contributed by atoms with Crippen LogP contribution in [0.15, 0.2) is 0 Å². The fraction of sp³-hybridized carbons (Fsp3) is 1.00. The standard InChI is InChI=1S/C12H26N2O2S/c1-5-17(15,16)13-12(4)9-14-7-10(2)6-11(3)8-14/h10-13H,5-9H2,1-4H3/t10-,11+,12-/m1/s1. The summed E-state index contributed by atoms with van der Waals surface area (Å²) < 4.78 is 25.6. The molecule has 4 nitrogen and oxygen atoms in total. The smallest absolute Gasteiger partial charge is 0.211 e. The molecule has 1 rings (SSSR count). The molecule has 17 heavy (non-hydrogen) atoms. The second-order valence-electron chi connectivity index (χ2n) is 5.59. The summed E-state index contributed by atoms with van der Waals surface area (Å²) in [7, 11) is -3.07. The highest BCUT2D eigenvalue weighted by Crippen LogP contribution is 2.20. The molecule has 0 unspecified atom stereocenters. The summed E-state index contributed by atoms with van der Waals surface area (Å²) in [6, 6.07) is -0.00236. The van der Waals surface area contributed by atoms with Gasteiger partial charge in [0.15, 0.2) is 0 Å². The van der Waals surface area contributed by atoms with Gasteiger partial charge in [0.2, 0.25) is 10.0 Å². The molecule has 1 fully saturated rings. The molecule has 0 aromatic carbocycles. The van der Waals surface area contributed by atoms with Crippen molar-refractivity contribution in [1.29, 1.82) is 0 Å². The van der Waals surface area contributed by atoms with Gasteiger partial charge >= 0.3 is 0 Å². The number of nitrogens with one attached hydrogen (secondary N) is 1. The molecule has 0 amide bonds. The van der Waals surface area contributed by atoms with Crippen molar-refractivity contribution in [2.75, 3.05) is 25.4 Å². The Balaban J connectivity index is 2.43. The van der Waals surface area contributed by atoms with E-state index in [1.165, 1.54) is 6.42 Å². The Morgan fingerprint density at radius 3 is 2.29 bits per heavy atom.